The number of aliphatic hydroxyl groups excluding tert-OH is 1. The summed E-state index contributed by atoms with van der Waals surface area (Å²) in [6.07, 6.45) is 0.637. The van der Waals surface area contributed by atoms with Gasteiger partial charge in [0.15, 0.2) is 0 Å². The molecule has 0 aliphatic carbocycles. The van der Waals surface area contributed by atoms with E-state index in [4.69, 9.17) is 0 Å². The second-order valence-electron chi connectivity index (χ2n) is 4.03. The third-order valence-corrected chi connectivity index (χ3v) is 2.18. The largest absolute Gasteiger partial charge is 0.392 e. The van der Waals surface area contributed by atoms with Gasteiger partial charge in [0.05, 0.1) is 6.10 Å². The number of aliphatic hydroxyl groups is 1. The molecule has 2 heteroatoms. The van der Waals surface area contributed by atoms with Crippen LogP contribution in [0, 0.1) is 0 Å². The second kappa shape index (κ2) is 4.63. The molecule has 0 aromatic heterocycles. The van der Waals surface area contributed by atoms with Crippen LogP contribution in [0.25, 0.3) is 0 Å². The SMILES string of the molecule is C=C(C)CCNC(C)(C)C(C)O. The fourth-order valence-corrected chi connectivity index (χ4v) is 0.746. The van der Waals surface area contributed by atoms with Crippen LogP contribution in [0.4, 0.5) is 0 Å². The van der Waals surface area contributed by atoms with E-state index in [0.29, 0.717) is 0 Å². The Balaban J connectivity index is 3.69. The molecule has 1 unspecified atom stereocenters. The van der Waals surface area contributed by atoms with E-state index >= 15 is 0 Å². The molecule has 72 valence electrons. The minimum Gasteiger partial charge on any atom is -0.392 e. The van der Waals surface area contributed by atoms with Gasteiger partial charge in [-0.2, -0.15) is 0 Å². The summed E-state index contributed by atoms with van der Waals surface area (Å²) in [5.41, 5.74) is 0.971. The first-order valence-corrected chi connectivity index (χ1v) is 4.43. The van der Waals surface area contributed by atoms with Crippen LogP contribution < -0.4 is 5.32 Å². The van der Waals surface area contributed by atoms with Crippen molar-refractivity contribution in [1.82, 2.24) is 5.32 Å². The average Bonchev–Trinajstić information content (AvgIpc) is 1.85. The molecule has 0 saturated carbocycles. The molecule has 0 radical (unpaired) electrons. The van der Waals surface area contributed by atoms with Crippen molar-refractivity contribution in [3.05, 3.63) is 12.2 Å². The van der Waals surface area contributed by atoms with Gasteiger partial charge in [0.2, 0.25) is 0 Å². The summed E-state index contributed by atoms with van der Waals surface area (Å²) in [4.78, 5) is 0. The van der Waals surface area contributed by atoms with E-state index in [1.54, 1.807) is 6.92 Å². The predicted molar refractivity (Wildman–Crippen MR) is 53.2 cm³/mol. The van der Waals surface area contributed by atoms with Crippen LogP contribution in [0.1, 0.15) is 34.1 Å². The van der Waals surface area contributed by atoms with Crippen molar-refractivity contribution in [2.45, 2.75) is 45.8 Å². The maximum absolute atomic E-state index is 9.36. The Morgan fingerprint density at radius 3 is 2.42 bits per heavy atom. The highest BCUT2D eigenvalue weighted by Gasteiger charge is 2.22. The van der Waals surface area contributed by atoms with Crippen molar-refractivity contribution >= 4 is 0 Å². The third kappa shape index (κ3) is 4.52. The van der Waals surface area contributed by atoms with Gasteiger partial charge >= 0.3 is 0 Å². The summed E-state index contributed by atoms with van der Waals surface area (Å²) >= 11 is 0. The maximum atomic E-state index is 9.36. The molecule has 0 aromatic carbocycles. The summed E-state index contributed by atoms with van der Waals surface area (Å²) in [6, 6.07) is 0. The van der Waals surface area contributed by atoms with Gasteiger partial charge in [-0.05, 0) is 40.7 Å². The fourth-order valence-electron chi connectivity index (χ4n) is 0.746. The lowest BCUT2D eigenvalue weighted by Crippen LogP contribution is -2.48. The molecule has 0 aliphatic heterocycles. The zero-order chi connectivity index (χ0) is 9.78. The molecule has 2 N–H and O–H groups in total. The molecular formula is C10H21NO. The highest BCUT2D eigenvalue weighted by Crippen LogP contribution is 2.08. The van der Waals surface area contributed by atoms with Gasteiger partial charge < -0.3 is 10.4 Å². The third-order valence-electron chi connectivity index (χ3n) is 2.18. The maximum Gasteiger partial charge on any atom is 0.0688 e. The first kappa shape index (κ1) is 11.7. The lowest BCUT2D eigenvalue weighted by atomic mass is 9.98. The van der Waals surface area contributed by atoms with Crippen molar-refractivity contribution in [2.75, 3.05) is 6.54 Å². The predicted octanol–water partition coefficient (Wildman–Crippen LogP) is 1.70. The van der Waals surface area contributed by atoms with Crippen LogP contribution in [0.3, 0.4) is 0 Å². The van der Waals surface area contributed by atoms with Crippen LogP contribution in [0.15, 0.2) is 12.2 Å². The minimum atomic E-state index is -0.331. The Kier molecular flexibility index (Phi) is 4.50. The molecule has 0 amide bonds. The fraction of sp³-hybridized carbons (Fsp3) is 0.800. The molecule has 0 rings (SSSR count). The molecule has 0 fully saturated rings. The molecule has 0 saturated heterocycles. The van der Waals surface area contributed by atoms with Crippen LogP contribution in [0.5, 0.6) is 0 Å². The van der Waals surface area contributed by atoms with Gasteiger partial charge in [0.25, 0.3) is 0 Å². The quantitative estimate of drug-likeness (QED) is 0.617. The smallest absolute Gasteiger partial charge is 0.0688 e. The normalized spacial score (nSPS) is 14.4. The monoisotopic (exact) mass is 171 g/mol. The average molecular weight is 171 g/mol. The standard InChI is InChI=1S/C10H21NO/c1-8(2)6-7-11-10(4,5)9(3)12/h9,11-12H,1,6-7H2,2-5H3. The highest BCUT2D eigenvalue weighted by atomic mass is 16.3. The van der Waals surface area contributed by atoms with Crippen molar-refractivity contribution in [3.8, 4) is 0 Å². The topological polar surface area (TPSA) is 32.3 Å². The summed E-state index contributed by atoms with van der Waals surface area (Å²) in [6.45, 7) is 12.5. The van der Waals surface area contributed by atoms with Crippen molar-refractivity contribution in [1.29, 1.82) is 0 Å². The Labute approximate surface area is 75.7 Å². The molecule has 0 bridgehead atoms. The van der Waals surface area contributed by atoms with Crippen molar-refractivity contribution in [3.63, 3.8) is 0 Å². The van der Waals surface area contributed by atoms with Gasteiger partial charge in [-0.15, -0.1) is 6.58 Å². The Morgan fingerprint density at radius 1 is 1.58 bits per heavy atom. The molecular weight excluding hydrogens is 150 g/mol. The van der Waals surface area contributed by atoms with Crippen molar-refractivity contribution in [2.24, 2.45) is 0 Å². The summed E-state index contributed by atoms with van der Waals surface area (Å²) < 4.78 is 0. The minimum absolute atomic E-state index is 0.199. The number of hydrogen-bond acceptors (Lipinski definition) is 2. The first-order valence-electron chi connectivity index (χ1n) is 4.43. The van der Waals surface area contributed by atoms with E-state index in [2.05, 4.69) is 11.9 Å². The zero-order valence-electron chi connectivity index (χ0n) is 8.65. The van der Waals surface area contributed by atoms with E-state index in [1.807, 2.05) is 20.8 Å². The van der Waals surface area contributed by atoms with Crippen molar-refractivity contribution < 1.29 is 5.11 Å². The number of nitrogens with one attached hydrogen (secondary N) is 1. The lowest BCUT2D eigenvalue weighted by molar-refractivity contribution is 0.0973. The number of hydrogen-bond donors (Lipinski definition) is 2. The van der Waals surface area contributed by atoms with E-state index in [-0.39, 0.29) is 11.6 Å². The summed E-state index contributed by atoms with van der Waals surface area (Å²) in [5, 5.41) is 12.6. The van der Waals surface area contributed by atoms with Crippen LogP contribution in [0.2, 0.25) is 0 Å². The van der Waals surface area contributed by atoms with Gasteiger partial charge in [-0.3, -0.25) is 0 Å². The van der Waals surface area contributed by atoms with Gasteiger partial charge in [0.1, 0.15) is 0 Å². The first-order chi connectivity index (χ1) is 5.36. The molecule has 1 atom stereocenters. The lowest BCUT2D eigenvalue weighted by Gasteiger charge is -2.29. The second-order valence-corrected chi connectivity index (χ2v) is 4.03. The van der Waals surface area contributed by atoms with Gasteiger partial charge in [0, 0.05) is 5.54 Å². The van der Waals surface area contributed by atoms with E-state index < -0.39 is 0 Å². The van der Waals surface area contributed by atoms with E-state index in [9.17, 15) is 5.11 Å². The van der Waals surface area contributed by atoms with E-state index in [1.165, 1.54) is 5.57 Å². The van der Waals surface area contributed by atoms with Crippen LogP contribution in [-0.2, 0) is 0 Å². The summed E-state index contributed by atoms with van der Waals surface area (Å²) in [5.74, 6) is 0. The Morgan fingerprint density at radius 2 is 2.08 bits per heavy atom. The van der Waals surface area contributed by atoms with Crippen LogP contribution >= 0.6 is 0 Å². The number of rotatable bonds is 5. The molecule has 0 spiro atoms. The van der Waals surface area contributed by atoms with Gasteiger partial charge in [-0.25, -0.2) is 0 Å². The Bertz CT molecular complexity index is 150. The van der Waals surface area contributed by atoms with Gasteiger partial charge in [-0.1, -0.05) is 5.57 Å². The molecule has 0 heterocycles. The van der Waals surface area contributed by atoms with E-state index in [0.717, 1.165) is 13.0 Å². The Hall–Kier alpha value is -0.340. The molecule has 0 aromatic rings. The summed E-state index contributed by atoms with van der Waals surface area (Å²) in [7, 11) is 0. The molecule has 2 nitrogen and oxygen atoms in total. The molecule has 0 aliphatic rings. The van der Waals surface area contributed by atoms with Crippen LogP contribution in [-0.4, -0.2) is 23.3 Å². The molecule has 12 heavy (non-hydrogen) atoms. The highest BCUT2D eigenvalue weighted by molar-refractivity contribution is 4.91. The zero-order valence-corrected chi connectivity index (χ0v) is 8.65.